The van der Waals surface area contributed by atoms with E-state index >= 15 is 0 Å². The maximum absolute atomic E-state index is 13.0. The van der Waals surface area contributed by atoms with E-state index in [4.69, 9.17) is 16.9 Å². The Morgan fingerprint density at radius 2 is 2.03 bits per heavy atom. The van der Waals surface area contributed by atoms with Gasteiger partial charge in [0.2, 0.25) is 5.82 Å². The van der Waals surface area contributed by atoms with Crippen molar-refractivity contribution in [2.45, 2.75) is 37.7 Å². The summed E-state index contributed by atoms with van der Waals surface area (Å²) in [5, 5.41) is 22.1. The summed E-state index contributed by atoms with van der Waals surface area (Å²) in [5.74, 6) is -1.25. The maximum Gasteiger partial charge on any atom is 0.451 e. The fraction of sp³-hybridized carbons (Fsp3) is 0.421. The molecule has 154 valence electrons. The lowest BCUT2D eigenvalue weighted by atomic mass is 10.1. The zero-order valence-electron chi connectivity index (χ0n) is 15.3. The highest BCUT2D eigenvalue weighted by Crippen LogP contribution is 2.32. The lowest BCUT2D eigenvalue weighted by Gasteiger charge is -2.30. The summed E-state index contributed by atoms with van der Waals surface area (Å²) >= 11 is 5.76. The summed E-state index contributed by atoms with van der Waals surface area (Å²) in [6.07, 6.45) is -3.70. The minimum Gasteiger partial charge on any atom is -0.376 e. The molecule has 2 heterocycles. The molecular formula is C19H19ClF3N5O. The van der Waals surface area contributed by atoms with Crippen LogP contribution in [0.15, 0.2) is 30.3 Å². The number of aliphatic hydroxyl groups is 1. The lowest BCUT2D eigenvalue weighted by Crippen LogP contribution is -2.48. The van der Waals surface area contributed by atoms with Gasteiger partial charge in [0.05, 0.1) is 17.7 Å². The molecule has 1 fully saturated rings. The van der Waals surface area contributed by atoms with Crippen LogP contribution in [0.1, 0.15) is 29.8 Å². The Labute approximate surface area is 171 Å². The second kappa shape index (κ2) is 8.95. The molecule has 0 saturated carbocycles. The number of anilines is 1. The van der Waals surface area contributed by atoms with Crippen LogP contribution in [-0.2, 0) is 12.6 Å². The molecule has 0 amide bonds. The van der Waals surface area contributed by atoms with E-state index in [0.717, 1.165) is 5.56 Å². The first-order valence-electron chi connectivity index (χ1n) is 9.07. The summed E-state index contributed by atoms with van der Waals surface area (Å²) in [6.45, 7) is 0.930. The number of hydrogen-bond acceptors (Lipinski definition) is 6. The summed E-state index contributed by atoms with van der Waals surface area (Å²) in [5.41, 5.74) is 1.58. The van der Waals surface area contributed by atoms with Crippen molar-refractivity contribution in [2.75, 3.05) is 18.0 Å². The van der Waals surface area contributed by atoms with Crippen molar-refractivity contribution < 1.29 is 18.3 Å². The van der Waals surface area contributed by atoms with Crippen LogP contribution in [0, 0.1) is 11.3 Å². The van der Waals surface area contributed by atoms with Gasteiger partial charge in [-0.05, 0) is 37.0 Å². The number of halogens is 4. The predicted octanol–water partition coefficient (Wildman–Crippen LogP) is 3.14. The van der Waals surface area contributed by atoms with Gasteiger partial charge >= 0.3 is 6.18 Å². The van der Waals surface area contributed by atoms with Gasteiger partial charge in [-0.2, -0.15) is 18.4 Å². The fourth-order valence-corrected chi connectivity index (χ4v) is 3.51. The van der Waals surface area contributed by atoms with E-state index in [2.05, 4.69) is 21.4 Å². The standard InChI is InChI=1S/C19H19ClF3N5O/c20-15-10-16(27-18(26-15)19(21,22)23)28-9-1-2-14(28)17(29)25-8-7-12-3-5-13(11-24)6-4-12/h3-6,10,14,17,25,29H,1-2,7-9H2/t14-,17?/m0/s1. The summed E-state index contributed by atoms with van der Waals surface area (Å²) in [7, 11) is 0. The zero-order valence-corrected chi connectivity index (χ0v) is 16.1. The van der Waals surface area contributed by atoms with Crippen LogP contribution in [0.4, 0.5) is 19.0 Å². The topological polar surface area (TPSA) is 85.1 Å². The maximum atomic E-state index is 13.0. The Balaban J connectivity index is 1.64. The highest BCUT2D eigenvalue weighted by molar-refractivity contribution is 6.29. The molecule has 2 aromatic rings. The van der Waals surface area contributed by atoms with E-state index < -0.39 is 24.3 Å². The molecule has 29 heavy (non-hydrogen) atoms. The van der Waals surface area contributed by atoms with Crippen LogP contribution < -0.4 is 10.2 Å². The molecule has 0 bridgehead atoms. The smallest absolute Gasteiger partial charge is 0.376 e. The summed E-state index contributed by atoms with van der Waals surface area (Å²) in [6, 6.07) is 10.0. The highest BCUT2D eigenvalue weighted by atomic mass is 35.5. The SMILES string of the molecule is N#Cc1ccc(CCNC(O)[C@@H]2CCCN2c2cc(Cl)nc(C(F)(F)F)n2)cc1. The van der Waals surface area contributed by atoms with Gasteiger partial charge in [0.1, 0.15) is 17.2 Å². The van der Waals surface area contributed by atoms with Crippen LogP contribution in [0.2, 0.25) is 5.15 Å². The number of rotatable bonds is 6. The second-order valence-electron chi connectivity index (χ2n) is 6.73. The number of hydrogen-bond donors (Lipinski definition) is 2. The van der Waals surface area contributed by atoms with Crippen molar-refractivity contribution in [3.05, 3.63) is 52.4 Å². The van der Waals surface area contributed by atoms with Crippen LogP contribution in [0.5, 0.6) is 0 Å². The first-order chi connectivity index (χ1) is 13.8. The van der Waals surface area contributed by atoms with Gasteiger partial charge in [-0.1, -0.05) is 23.7 Å². The average Bonchev–Trinajstić information content (AvgIpc) is 3.17. The van der Waals surface area contributed by atoms with Crippen LogP contribution in [0.3, 0.4) is 0 Å². The van der Waals surface area contributed by atoms with Crippen LogP contribution in [-0.4, -0.2) is 40.4 Å². The molecule has 2 N–H and O–H groups in total. The number of benzene rings is 1. The molecule has 1 aliphatic heterocycles. The molecule has 0 aliphatic carbocycles. The highest BCUT2D eigenvalue weighted by Gasteiger charge is 2.37. The van der Waals surface area contributed by atoms with Crippen molar-refractivity contribution in [3.63, 3.8) is 0 Å². The predicted molar refractivity (Wildman–Crippen MR) is 101 cm³/mol. The molecule has 1 unspecified atom stereocenters. The normalized spacial score (nSPS) is 17.9. The van der Waals surface area contributed by atoms with E-state index in [9.17, 15) is 18.3 Å². The number of nitrogens with one attached hydrogen (secondary N) is 1. The lowest BCUT2D eigenvalue weighted by molar-refractivity contribution is -0.144. The quantitative estimate of drug-likeness (QED) is 0.546. The van der Waals surface area contributed by atoms with Crippen molar-refractivity contribution in [1.82, 2.24) is 15.3 Å². The third-order valence-corrected chi connectivity index (χ3v) is 4.94. The Morgan fingerprint density at radius 1 is 1.31 bits per heavy atom. The minimum atomic E-state index is -4.70. The number of aromatic nitrogens is 2. The minimum absolute atomic E-state index is 0.0489. The molecule has 2 atom stereocenters. The van der Waals surface area contributed by atoms with E-state index in [-0.39, 0.29) is 11.0 Å². The van der Waals surface area contributed by atoms with E-state index in [1.54, 1.807) is 17.0 Å². The molecule has 1 aromatic carbocycles. The van der Waals surface area contributed by atoms with Crippen LogP contribution >= 0.6 is 11.6 Å². The van der Waals surface area contributed by atoms with Gasteiger partial charge in [-0.25, -0.2) is 9.97 Å². The number of aliphatic hydroxyl groups excluding tert-OH is 1. The fourth-order valence-electron chi connectivity index (χ4n) is 3.33. The Bertz CT molecular complexity index is 885. The van der Waals surface area contributed by atoms with Gasteiger partial charge in [0.25, 0.3) is 0 Å². The molecule has 6 nitrogen and oxygen atoms in total. The van der Waals surface area contributed by atoms with Crippen molar-refractivity contribution in [1.29, 1.82) is 5.26 Å². The molecule has 3 rings (SSSR count). The molecule has 0 spiro atoms. The van der Waals surface area contributed by atoms with E-state index in [1.807, 2.05) is 12.1 Å². The van der Waals surface area contributed by atoms with Crippen molar-refractivity contribution in [2.24, 2.45) is 0 Å². The van der Waals surface area contributed by atoms with E-state index in [1.165, 1.54) is 6.07 Å². The van der Waals surface area contributed by atoms with Crippen molar-refractivity contribution >= 4 is 17.4 Å². The van der Waals surface area contributed by atoms with Gasteiger partial charge in [0, 0.05) is 19.2 Å². The van der Waals surface area contributed by atoms with Gasteiger partial charge in [-0.3, -0.25) is 5.32 Å². The number of nitrogens with zero attached hydrogens (tertiary/aromatic N) is 4. The van der Waals surface area contributed by atoms with Crippen molar-refractivity contribution in [3.8, 4) is 6.07 Å². The second-order valence-corrected chi connectivity index (χ2v) is 7.12. The Morgan fingerprint density at radius 3 is 2.69 bits per heavy atom. The first kappa shape index (κ1) is 21.3. The van der Waals surface area contributed by atoms with Gasteiger partial charge < -0.3 is 10.0 Å². The molecule has 0 radical (unpaired) electrons. The molecule has 1 aliphatic rings. The van der Waals surface area contributed by atoms with Crippen LogP contribution in [0.25, 0.3) is 0 Å². The molecular weight excluding hydrogens is 407 g/mol. The Kier molecular flexibility index (Phi) is 6.57. The zero-order chi connectivity index (χ0) is 21.0. The monoisotopic (exact) mass is 425 g/mol. The summed E-state index contributed by atoms with van der Waals surface area (Å²) < 4.78 is 39.0. The first-order valence-corrected chi connectivity index (χ1v) is 9.44. The largest absolute Gasteiger partial charge is 0.451 e. The third-order valence-electron chi connectivity index (χ3n) is 4.74. The average molecular weight is 426 g/mol. The van der Waals surface area contributed by atoms with E-state index in [0.29, 0.717) is 37.9 Å². The number of alkyl halides is 3. The summed E-state index contributed by atoms with van der Waals surface area (Å²) in [4.78, 5) is 8.48. The third kappa shape index (κ3) is 5.35. The van der Waals surface area contributed by atoms with Gasteiger partial charge in [-0.15, -0.1) is 0 Å². The Hall–Kier alpha value is -2.41. The number of nitriles is 1. The molecule has 10 heteroatoms. The van der Waals surface area contributed by atoms with Gasteiger partial charge in [0.15, 0.2) is 0 Å². The molecule has 1 aromatic heterocycles. The molecule has 1 saturated heterocycles.